The van der Waals surface area contributed by atoms with Gasteiger partial charge in [0, 0.05) is 24.3 Å². The molecule has 3 aromatic carbocycles. The Hall–Kier alpha value is -5.43. The molecule has 19 heteroatoms. The molecule has 1 amide bonds. The van der Waals surface area contributed by atoms with E-state index < -0.39 is 70.7 Å². The number of H-pyrrole nitrogens is 1. The van der Waals surface area contributed by atoms with E-state index in [9.17, 15) is 44.7 Å². The molecule has 1 unspecified atom stereocenters. The summed E-state index contributed by atoms with van der Waals surface area (Å²) >= 11 is 0. The zero-order valence-electron chi connectivity index (χ0n) is 28.2. The third-order valence-corrected chi connectivity index (χ3v) is 9.07. The number of carbonyl (C=O) groups excluding carboxylic acids is 1. The monoisotopic (exact) mass is 771 g/mol. The molecule has 0 saturated carbocycles. The number of phenols is 1. The first kappa shape index (κ1) is 38.8. The summed E-state index contributed by atoms with van der Waals surface area (Å²) in [6, 6.07) is 11.4. The van der Waals surface area contributed by atoms with E-state index in [2.05, 4.69) is 9.97 Å². The van der Waals surface area contributed by atoms with Crippen molar-refractivity contribution in [2.45, 2.75) is 31.1 Å². The van der Waals surface area contributed by atoms with Crippen LogP contribution >= 0.6 is 0 Å². The number of aromatic hydroxyl groups is 1. The molecule has 5 aromatic rings. The van der Waals surface area contributed by atoms with Crippen molar-refractivity contribution >= 4 is 37.6 Å². The summed E-state index contributed by atoms with van der Waals surface area (Å²) in [5.74, 6) is -3.34. The second-order valence-electron chi connectivity index (χ2n) is 11.5. The Kier molecular flexibility index (Phi) is 10.9. The van der Waals surface area contributed by atoms with Gasteiger partial charge in [-0.15, -0.1) is 0 Å². The van der Waals surface area contributed by atoms with Gasteiger partial charge in [-0.3, -0.25) is 14.5 Å². The van der Waals surface area contributed by atoms with Crippen LogP contribution in [0.5, 0.6) is 28.9 Å². The number of aromatic amines is 1. The van der Waals surface area contributed by atoms with Gasteiger partial charge in [-0.25, -0.2) is 8.42 Å². The molecule has 12 nitrogen and oxygen atoms in total. The molecule has 53 heavy (non-hydrogen) atoms. The van der Waals surface area contributed by atoms with Crippen LogP contribution in [0.1, 0.15) is 22.8 Å². The topological polar surface area (TPSA) is 158 Å². The largest absolute Gasteiger partial charge is 0.504 e. The first-order chi connectivity index (χ1) is 24.9. The summed E-state index contributed by atoms with van der Waals surface area (Å²) < 4.78 is 134. The quantitative estimate of drug-likeness (QED) is 0.111. The molecule has 5 rings (SSSR count). The summed E-state index contributed by atoms with van der Waals surface area (Å²) in [6.07, 6.45) is -9.82. The predicted molar refractivity (Wildman–Crippen MR) is 179 cm³/mol. The molecule has 2 aromatic heterocycles. The van der Waals surface area contributed by atoms with E-state index in [4.69, 9.17) is 23.7 Å². The fraction of sp³-hybridized carbons (Fsp3) is 0.294. The number of carbonyl (C=O) groups is 1. The van der Waals surface area contributed by atoms with E-state index in [0.717, 1.165) is 0 Å². The van der Waals surface area contributed by atoms with E-state index in [-0.39, 0.29) is 55.6 Å². The third-order valence-electron chi connectivity index (χ3n) is 7.84. The van der Waals surface area contributed by atoms with Crippen molar-refractivity contribution in [2.75, 3.05) is 34.5 Å². The number of nitrogens with one attached hydrogen (secondary N) is 2. The lowest BCUT2D eigenvalue weighted by Crippen LogP contribution is -2.36. The molecular weight excluding hydrogens is 740 g/mol. The van der Waals surface area contributed by atoms with E-state index >= 15 is 0 Å². The lowest BCUT2D eigenvalue weighted by Gasteiger charge is -2.20. The van der Waals surface area contributed by atoms with Crippen LogP contribution in [0, 0.1) is 6.92 Å². The summed E-state index contributed by atoms with van der Waals surface area (Å²) in [7, 11) is -0.506. The van der Waals surface area contributed by atoms with Crippen LogP contribution in [0.2, 0.25) is 0 Å². The highest BCUT2D eigenvalue weighted by Gasteiger charge is 2.34. The average Bonchev–Trinajstić information content (AvgIpc) is 3.46. The minimum absolute atomic E-state index is 0.0898. The number of aryl methyl sites for hydroxylation is 1. The highest BCUT2D eigenvalue weighted by atomic mass is 32.2. The molecule has 1 atom stereocenters. The van der Waals surface area contributed by atoms with Gasteiger partial charge in [0.05, 0.1) is 47.5 Å². The highest BCUT2D eigenvalue weighted by Crippen LogP contribution is 2.50. The van der Waals surface area contributed by atoms with Crippen molar-refractivity contribution < 1.29 is 68.3 Å². The van der Waals surface area contributed by atoms with Crippen LogP contribution in [0.4, 0.5) is 26.3 Å². The van der Waals surface area contributed by atoms with E-state index in [1.54, 1.807) is 6.07 Å². The lowest BCUT2D eigenvalue weighted by atomic mass is 9.98. The number of halogens is 6. The minimum Gasteiger partial charge on any atom is -0.504 e. The normalized spacial score (nSPS) is 12.9. The fourth-order valence-electron chi connectivity index (χ4n) is 5.79. The number of hydrogen-bond donors (Lipinski definition) is 3. The SMILES string of the molecule is COc1cccc(OC)c1C(OC)C(=O)NS(=O)(=O)Cc1ccc(-c2[nH]c(OCC(F)(F)F)c3c2c(O)c(OCC(F)(F)F)c2cccnc23)c(C)c1. The van der Waals surface area contributed by atoms with E-state index in [1.807, 2.05) is 4.72 Å². The van der Waals surface area contributed by atoms with Gasteiger partial charge in [0.25, 0.3) is 5.91 Å². The highest BCUT2D eigenvalue weighted by molar-refractivity contribution is 7.89. The summed E-state index contributed by atoms with van der Waals surface area (Å²) in [5, 5.41) is 10.8. The Morgan fingerprint density at radius 1 is 0.925 bits per heavy atom. The number of methoxy groups -OCH3 is 3. The predicted octanol–water partition coefficient (Wildman–Crippen LogP) is 6.63. The number of phenolic OH excluding ortho intramolecular Hbond substituents is 1. The molecule has 0 bridgehead atoms. The van der Waals surface area contributed by atoms with Crippen LogP contribution in [0.25, 0.3) is 32.9 Å². The Labute approximate surface area is 297 Å². The Morgan fingerprint density at radius 3 is 2.15 bits per heavy atom. The van der Waals surface area contributed by atoms with Gasteiger partial charge in [0.15, 0.2) is 30.8 Å². The third kappa shape index (κ3) is 8.46. The van der Waals surface area contributed by atoms with Crippen LogP contribution in [-0.2, 0) is 25.3 Å². The molecule has 0 spiro atoms. The number of aromatic nitrogens is 2. The summed E-state index contributed by atoms with van der Waals surface area (Å²) in [4.78, 5) is 20.0. The number of benzene rings is 3. The number of fused-ring (bicyclic) bond motifs is 3. The molecule has 284 valence electrons. The zero-order valence-corrected chi connectivity index (χ0v) is 29.0. The number of pyridine rings is 1. The first-order valence-corrected chi connectivity index (χ1v) is 17.0. The smallest absolute Gasteiger partial charge is 0.422 e. The first-order valence-electron chi connectivity index (χ1n) is 15.3. The zero-order chi connectivity index (χ0) is 38.9. The maximum Gasteiger partial charge on any atom is 0.422 e. The van der Waals surface area contributed by atoms with E-state index in [1.165, 1.54) is 76.9 Å². The van der Waals surface area contributed by atoms with Crippen LogP contribution in [0.15, 0.2) is 54.7 Å². The number of ether oxygens (including phenoxy) is 5. The van der Waals surface area contributed by atoms with Gasteiger partial charge in [0.2, 0.25) is 15.9 Å². The number of amides is 1. The molecule has 0 saturated heterocycles. The molecule has 0 fully saturated rings. The Morgan fingerprint density at radius 2 is 1.57 bits per heavy atom. The van der Waals surface area contributed by atoms with Gasteiger partial charge in [0.1, 0.15) is 11.5 Å². The molecular formula is C34H31F6N3O9S. The van der Waals surface area contributed by atoms with Crippen molar-refractivity contribution in [1.29, 1.82) is 0 Å². The number of sulfonamides is 1. The molecule has 2 heterocycles. The lowest BCUT2D eigenvalue weighted by molar-refractivity contribution is -0.154. The molecule has 0 radical (unpaired) electrons. The van der Waals surface area contributed by atoms with Gasteiger partial charge < -0.3 is 33.8 Å². The van der Waals surface area contributed by atoms with Crippen molar-refractivity contribution in [1.82, 2.24) is 14.7 Å². The number of alkyl halides is 6. The molecule has 0 aliphatic heterocycles. The van der Waals surface area contributed by atoms with Gasteiger partial charge >= 0.3 is 12.4 Å². The second kappa shape index (κ2) is 14.9. The van der Waals surface area contributed by atoms with Crippen LogP contribution in [0.3, 0.4) is 0 Å². The van der Waals surface area contributed by atoms with Crippen LogP contribution < -0.4 is 23.7 Å². The fourth-order valence-corrected chi connectivity index (χ4v) is 6.89. The second-order valence-corrected chi connectivity index (χ2v) is 13.3. The number of hydrogen-bond acceptors (Lipinski definition) is 10. The Balaban J connectivity index is 1.54. The standard InChI is InChI=1S/C34H31F6N3O9S/c1-17-13-18(14-53(46,47)43-31(45)30(50-4)23-21(48-2)8-5-9-22(23)49-3)10-11-19(17)27-24-25(32(42-27)52-16-34(38,39)40)26-20(7-6-12-41-26)29(28(24)44)51-15-33(35,36)37/h5-13,30,42,44H,14-16H2,1-4H3,(H,43,45). The number of nitrogens with zero attached hydrogens (tertiary/aromatic N) is 1. The van der Waals surface area contributed by atoms with Crippen molar-refractivity contribution in [3.8, 4) is 40.1 Å². The van der Waals surface area contributed by atoms with Crippen LogP contribution in [-0.4, -0.2) is 76.3 Å². The average molecular weight is 772 g/mol. The number of rotatable bonds is 13. The molecule has 3 N–H and O–H groups in total. The summed E-state index contributed by atoms with van der Waals surface area (Å²) in [5.41, 5.74) is 0.577. The van der Waals surface area contributed by atoms with Crippen molar-refractivity contribution in [3.63, 3.8) is 0 Å². The van der Waals surface area contributed by atoms with Gasteiger partial charge in [-0.05, 0) is 42.3 Å². The maximum absolute atomic E-state index is 13.3. The van der Waals surface area contributed by atoms with Gasteiger partial charge in [-0.2, -0.15) is 26.3 Å². The van der Waals surface area contributed by atoms with Gasteiger partial charge in [-0.1, -0.05) is 24.3 Å². The van der Waals surface area contributed by atoms with E-state index in [0.29, 0.717) is 5.56 Å². The Bertz CT molecular complexity index is 2250. The molecule has 0 aliphatic rings. The van der Waals surface area contributed by atoms with Crippen molar-refractivity contribution in [2.24, 2.45) is 0 Å². The minimum atomic E-state index is -4.81. The maximum atomic E-state index is 13.3. The molecule has 0 aliphatic carbocycles. The van der Waals surface area contributed by atoms with Crippen molar-refractivity contribution in [3.05, 3.63) is 71.4 Å². The summed E-state index contributed by atoms with van der Waals surface area (Å²) in [6.45, 7) is -2.05.